The summed E-state index contributed by atoms with van der Waals surface area (Å²) in [6.07, 6.45) is 12.6. The van der Waals surface area contributed by atoms with Gasteiger partial charge in [-0.05, 0) is 79.6 Å². The van der Waals surface area contributed by atoms with Crippen LogP contribution < -0.4 is 0 Å². The highest BCUT2D eigenvalue weighted by molar-refractivity contribution is 5.99. The number of carbonyl (C=O) groups is 1. The van der Waals surface area contributed by atoms with E-state index in [0.717, 1.165) is 37.8 Å². The molecule has 0 aromatic heterocycles. The lowest BCUT2D eigenvalue weighted by atomic mass is 9.47. The number of hydrogen-bond donors (Lipinski definition) is 1. The highest BCUT2D eigenvalue weighted by atomic mass is 16.5. The van der Waals surface area contributed by atoms with Gasteiger partial charge in [0.25, 0.3) is 0 Å². The van der Waals surface area contributed by atoms with Crippen LogP contribution in [-0.2, 0) is 9.53 Å². The molecule has 2 fully saturated rings. The molecular weight excluding hydrogens is 338 g/mol. The Balaban J connectivity index is 1.59. The van der Waals surface area contributed by atoms with Gasteiger partial charge >= 0.3 is 5.97 Å². The summed E-state index contributed by atoms with van der Waals surface area (Å²) >= 11 is 0. The summed E-state index contributed by atoms with van der Waals surface area (Å²) < 4.78 is 5.53. The van der Waals surface area contributed by atoms with E-state index in [1.54, 1.807) is 0 Å². The van der Waals surface area contributed by atoms with Gasteiger partial charge in [0.2, 0.25) is 0 Å². The lowest BCUT2D eigenvalue weighted by molar-refractivity contribution is -0.148. The fraction of sp³-hybridized carbons (Fsp3) is 0.739. The molecule has 1 N–H and O–H groups in total. The average Bonchev–Trinajstić information content (AvgIpc) is 2.98. The second-order valence-electron chi connectivity index (χ2n) is 9.73. The molecule has 0 spiro atoms. The second kappa shape index (κ2) is 6.49. The molecule has 2 saturated carbocycles. The van der Waals surface area contributed by atoms with Crippen molar-refractivity contribution in [1.29, 1.82) is 0 Å². The molecule has 6 atom stereocenters. The van der Waals surface area contributed by atoms with Crippen LogP contribution >= 0.6 is 0 Å². The average molecular weight is 372 g/mol. The number of allylic oxidation sites excluding steroid dienone is 3. The van der Waals surface area contributed by atoms with Gasteiger partial charge in [0.1, 0.15) is 6.10 Å². The molecule has 0 aromatic carbocycles. The first-order valence-corrected chi connectivity index (χ1v) is 10.6. The monoisotopic (exact) mass is 371 g/mol. The van der Waals surface area contributed by atoms with Gasteiger partial charge in [-0.1, -0.05) is 36.7 Å². The largest absolute Gasteiger partial charge is 0.462 e. The molecule has 4 nitrogen and oxygen atoms in total. The Hall–Kier alpha value is -1.58. The van der Waals surface area contributed by atoms with Crippen molar-refractivity contribution in [3.63, 3.8) is 0 Å². The molecule has 27 heavy (non-hydrogen) atoms. The molecule has 0 bridgehead atoms. The molecule has 0 unspecified atom stereocenters. The minimum Gasteiger partial charge on any atom is -0.462 e. The molecule has 4 rings (SSSR count). The van der Waals surface area contributed by atoms with Crippen LogP contribution in [0.3, 0.4) is 0 Å². The van der Waals surface area contributed by atoms with Crippen molar-refractivity contribution in [3.8, 4) is 0 Å². The number of esters is 1. The van der Waals surface area contributed by atoms with E-state index < -0.39 is 0 Å². The van der Waals surface area contributed by atoms with Crippen LogP contribution in [-0.4, -0.2) is 23.0 Å². The zero-order valence-electron chi connectivity index (χ0n) is 17.1. The molecule has 0 aliphatic heterocycles. The Kier molecular flexibility index (Phi) is 4.51. The number of nitrogens with zero attached hydrogens (tertiary/aromatic N) is 1. The van der Waals surface area contributed by atoms with E-state index in [9.17, 15) is 10.0 Å². The lowest BCUT2D eigenvalue weighted by Gasteiger charge is -2.57. The zero-order valence-corrected chi connectivity index (χ0v) is 17.1. The van der Waals surface area contributed by atoms with Crippen molar-refractivity contribution in [2.24, 2.45) is 33.7 Å². The third kappa shape index (κ3) is 2.78. The summed E-state index contributed by atoms with van der Waals surface area (Å²) in [5.41, 5.74) is 3.99. The highest BCUT2D eigenvalue weighted by Gasteiger charge is 2.57. The summed E-state index contributed by atoms with van der Waals surface area (Å²) in [6.45, 7) is 8.30. The van der Waals surface area contributed by atoms with Crippen molar-refractivity contribution >= 4 is 11.7 Å². The Morgan fingerprint density at radius 3 is 2.56 bits per heavy atom. The third-order valence-electron chi connectivity index (χ3n) is 8.51. The molecule has 0 aromatic rings. The summed E-state index contributed by atoms with van der Waals surface area (Å²) in [7, 11) is 0. The van der Waals surface area contributed by atoms with Crippen molar-refractivity contribution in [2.75, 3.05) is 0 Å². The first-order chi connectivity index (χ1) is 12.8. The van der Waals surface area contributed by atoms with Crippen molar-refractivity contribution in [1.82, 2.24) is 0 Å². The summed E-state index contributed by atoms with van der Waals surface area (Å²) in [6, 6.07) is 0. The van der Waals surface area contributed by atoms with Gasteiger partial charge in [0, 0.05) is 13.3 Å². The number of fused-ring (bicyclic) bond motifs is 5. The van der Waals surface area contributed by atoms with Gasteiger partial charge in [-0.15, -0.1) is 0 Å². The van der Waals surface area contributed by atoms with Gasteiger partial charge in [-0.25, -0.2) is 0 Å². The second-order valence-corrected chi connectivity index (χ2v) is 9.73. The number of ether oxygens (including phenoxy) is 1. The maximum Gasteiger partial charge on any atom is 0.302 e. The highest BCUT2D eigenvalue weighted by Crippen LogP contribution is 2.65. The van der Waals surface area contributed by atoms with Crippen LogP contribution in [0, 0.1) is 28.6 Å². The van der Waals surface area contributed by atoms with Crippen LogP contribution in [0.15, 0.2) is 28.5 Å². The van der Waals surface area contributed by atoms with E-state index in [4.69, 9.17) is 4.74 Å². The number of hydrogen-bond acceptors (Lipinski definition) is 4. The first-order valence-electron chi connectivity index (χ1n) is 10.6. The number of oxime groups is 1. The smallest absolute Gasteiger partial charge is 0.302 e. The van der Waals surface area contributed by atoms with Crippen LogP contribution in [0.1, 0.15) is 72.6 Å². The predicted molar refractivity (Wildman–Crippen MR) is 106 cm³/mol. The van der Waals surface area contributed by atoms with E-state index in [2.05, 4.69) is 31.2 Å². The summed E-state index contributed by atoms with van der Waals surface area (Å²) in [4.78, 5) is 11.4. The molecule has 148 valence electrons. The SMILES string of the molecule is CC(=O)O[C@H]1CC[C@@]2(C)C(=CC[C@@H]3[C@@H]2CC[C@@]2(C)C(/C(C)=N/O)=CC[C@@H]32)C1. The molecule has 4 aliphatic carbocycles. The van der Waals surface area contributed by atoms with Gasteiger partial charge < -0.3 is 9.94 Å². The fourth-order valence-corrected chi connectivity index (χ4v) is 7.14. The minimum atomic E-state index is -0.156. The van der Waals surface area contributed by atoms with Crippen molar-refractivity contribution in [3.05, 3.63) is 23.3 Å². The zero-order chi connectivity index (χ0) is 19.4. The molecule has 0 heterocycles. The quantitative estimate of drug-likeness (QED) is 0.237. The molecule has 0 amide bonds. The van der Waals surface area contributed by atoms with E-state index in [-0.39, 0.29) is 22.9 Å². The molecule has 0 saturated heterocycles. The van der Waals surface area contributed by atoms with Crippen LogP contribution in [0.4, 0.5) is 0 Å². The molecule has 0 radical (unpaired) electrons. The Labute approximate surface area is 162 Å². The normalized spacial score (nSPS) is 43.8. The van der Waals surface area contributed by atoms with E-state index in [1.807, 2.05) is 6.92 Å². The first kappa shape index (κ1) is 18.8. The predicted octanol–water partition coefficient (Wildman–Crippen LogP) is 5.27. The van der Waals surface area contributed by atoms with Crippen LogP contribution in [0.2, 0.25) is 0 Å². The third-order valence-corrected chi connectivity index (χ3v) is 8.51. The van der Waals surface area contributed by atoms with Crippen LogP contribution in [0.5, 0.6) is 0 Å². The molecular formula is C23H33NO3. The fourth-order valence-electron chi connectivity index (χ4n) is 7.14. The molecule has 4 aliphatic rings. The molecule has 4 heteroatoms. The Morgan fingerprint density at radius 1 is 1.11 bits per heavy atom. The Morgan fingerprint density at radius 2 is 1.85 bits per heavy atom. The maximum absolute atomic E-state index is 11.4. The summed E-state index contributed by atoms with van der Waals surface area (Å²) in [5, 5.41) is 12.8. The van der Waals surface area contributed by atoms with Gasteiger partial charge in [-0.2, -0.15) is 0 Å². The Bertz CT molecular complexity index is 736. The van der Waals surface area contributed by atoms with Gasteiger partial charge in [-0.3, -0.25) is 4.79 Å². The van der Waals surface area contributed by atoms with E-state index in [1.165, 1.54) is 30.9 Å². The van der Waals surface area contributed by atoms with Gasteiger partial charge in [0.05, 0.1) is 5.71 Å². The maximum atomic E-state index is 11.4. The van der Waals surface area contributed by atoms with E-state index >= 15 is 0 Å². The van der Waals surface area contributed by atoms with Crippen LogP contribution in [0.25, 0.3) is 0 Å². The van der Waals surface area contributed by atoms with E-state index in [0.29, 0.717) is 17.8 Å². The topological polar surface area (TPSA) is 58.9 Å². The van der Waals surface area contributed by atoms with Crippen molar-refractivity contribution < 1.29 is 14.7 Å². The standard InChI is InChI=1S/C23H33NO3/c1-14(24-26)19-7-8-20-18-6-5-16-13-17(27-15(2)25)9-11-22(16,3)21(18)10-12-23(19,20)4/h5,7,17-18,20-21,26H,6,8-13H2,1-4H3/b24-14+/t17-,18-,20-,21-,22-,23-/m0/s1. The lowest BCUT2D eigenvalue weighted by Crippen LogP contribution is -2.50. The van der Waals surface area contributed by atoms with Gasteiger partial charge in [0.15, 0.2) is 0 Å². The number of rotatable bonds is 2. The minimum absolute atomic E-state index is 0.0652. The number of carbonyl (C=O) groups excluding carboxylic acids is 1. The summed E-state index contributed by atoms with van der Waals surface area (Å²) in [5.74, 6) is 1.90. The van der Waals surface area contributed by atoms with Crippen molar-refractivity contribution in [2.45, 2.75) is 78.7 Å².